The number of nitrogens with zero attached hydrogens (tertiary/aromatic N) is 3. The van der Waals surface area contributed by atoms with Crippen molar-refractivity contribution in [3.8, 4) is 16.9 Å². The van der Waals surface area contributed by atoms with Gasteiger partial charge in [0.05, 0.1) is 12.5 Å². The number of nitrogens with one attached hydrogen (secondary N) is 1. The number of anilines is 1. The van der Waals surface area contributed by atoms with Crippen molar-refractivity contribution in [1.82, 2.24) is 14.9 Å². The fraction of sp³-hybridized carbons (Fsp3) is 0.429. The van der Waals surface area contributed by atoms with Gasteiger partial charge in [-0.05, 0) is 56.9 Å². The second kappa shape index (κ2) is 8.27. The molecule has 1 aliphatic rings. The third-order valence-electron chi connectivity index (χ3n) is 5.68. The summed E-state index contributed by atoms with van der Waals surface area (Å²) in [4.78, 5) is 12.5. The Hall–Kier alpha value is -1.83. The van der Waals surface area contributed by atoms with Gasteiger partial charge in [0.1, 0.15) is 22.7 Å². The van der Waals surface area contributed by atoms with Crippen LogP contribution in [0.4, 0.5) is 5.82 Å². The molecule has 7 heteroatoms. The molecule has 4 rings (SSSR count). The first-order valence-corrected chi connectivity index (χ1v) is 11.6. The lowest BCUT2D eigenvalue weighted by molar-refractivity contribution is 0.244. The van der Waals surface area contributed by atoms with E-state index in [0.29, 0.717) is 0 Å². The number of thioether (sulfide) groups is 1. The first-order chi connectivity index (χ1) is 13.6. The standard InChI is InChI=1S/C21H26N4OS2/c1-25-10-8-21(27-3,9-11-25)13-22-19-18-17(12-28-20(18)24-14-23-19)15-4-6-16(26-2)7-5-15/h4-7,12,14H,8-11,13H2,1-3H3,(H,22,23,24). The number of hydrogen-bond donors (Lipinski definition) is 1. The lowest BCUT2D eigenvalue weighted by atomic mass is 9.95. The van der Waals surface area contributed by atoms with E-state index < -0.39 is 0 Å². The summed E-state index contributed by atoms with van der Waals surface area (Å²) in [5.41, 5.74) is 2.33. The van der Waals surface area contributed by atoms with Crippen LogP contribution < -0.4 is 10.1 Å². The van der Waals surface area contributed by atoms with Crippen LogP contribution in [0.5, 0.6) is 5.75 Å². The van der Waals surface area contributed by atoms with Crippen molar-refractivity contribution in [3.63, 3.8) is 0 Å². The molecular weight excluding hydrogens is 388 g/mol. The molecule has 0 spiro atoms. The number of ether oxygens (including phenoxy) is 1. The van der Waals surface area contributed by atoms with E-state index in [-0.39, 0.29) is 4.75 Å². The Kier molecular flexibility index (Phi) is 5.75. The highest BCUT2D eigenvalue weighted by Crippen LogP contribution is 2.39. The Morgan fingerprint density at radius 2 is 1.96 bits per heavy atom. The van der Waals surface area contributed by atoms with Gasteiger partial charge in [0.15, 0.2) is 0 Å². The molecule has 0 unspecified atom stereocenters. The van der Waals surface area contributed by atoms with Crippen LogP contribution in [-0.4, -0.2) is 59.7 Å². The largest absolute Gasteiger partial charge is 0.497 e. The van der Waals surface area contributed by atoms with E-state index in [4.69, 9.17) is 4.74 Å². The molecular formula is C21H26N4OS2. The topological polar surface area (TPSA) is 50.3 Å². The van der Waals surface area contributed by atoms with Crippen molar-refractivity contribution in [2.75, 3.05) is 45.4 Å². The first kappa shape index (κ1) is 19.5. The molecule has 3 heterocycles. The van der Waals surface area contributed by atoms with Gasteiger partial charge in [-0.3, -0.25) is 0 Å². The summed E-state index contributed by atoms with van der Waals surface area (Å²) >= 11 is 3.65. The van der Waals surface area contributed by atoms with Crippen LogP contribution in [0.25, 0.3) is 21.3 Å². The number of rotatable bonds is 6. The molecule has 1 saturated heterocycles. The number of aromatic nitrogens is 2. The van der Waals surface area contributed by atoms with E-state index in [1.165, 1.54) is 18.4 Å². The molecule has 1 N–H and O–H groups in total. The van der Waals surface area contributed by atoms with E-state index in [9.17, 15) is 0 Å². The quantitative estimate of drug-likeness (QED) is 0.636. The Balaban J connectivity index is 1.63. The predicted octanol–water partition coefficient (Wildman–Crippen LogP) is 4.61. The Labute approximate surface area is 174 Å². The van der Waals surface area contributed by atoms with Crippen molar-refractivity contribution < 1.29 is 4.74 Å². The highest BCUT2D eigenvalue weighted by atomic mass is 32.2. The second-order valence-corrected chi connectivity index (χ2v) is 9.46. The minimum atomic E-state index is 0.264. The van der Waals surface area contributed by atoms with Gasteiger partial charge in [0.25, 0.3) is 0 Å². The smallest absolute Gasteiger partial charge is 0.138 e. The van der Waals surface area contributed by atoms with Crippen LogP contribution in [0.2, 0.25) is 0 Å². The van der Waals surface area contributed by atoms with E-state index in [1.54, 1.807) is 24.8 Å². The minimum absolute atomic E-state index is 0.264. The van der Waals surface area contributed by atoms with Crippen LogP contribution in [0.1, 0.15) is 12.8 Å². The zero-order valence-electron chi connectivity index (χ0n) is 16.6. The molecule has 2 aromatic heterocycles. The van der Waals surface area contributed by atoms with E-state index in [1.807, 2.05) is 23.9 Å². The summed E-state index contributed by atoms with van der Waals surface area (Å²) in [6, 6.07) is 8.18. The molecule has 0 aliphatic carbocycles. The first-order valence-electron chi connectivity index (χ1n) is 9.48. The fourth-order valence-corrected chi connectivity index (χ4v) is 5.44. The number of fused-ring (bicyclic) bond motifs is 1. The van der Waals surface area contributed by atoms with Crippen molar-refractivity contribution in [3.05, 3.63) is 36.0 Å². The molecule has 5 nitrogen and oxygen atoms in total. The van der Waals surface area contributed by atoms with Gasteiger partial charge in [-0.15, -0.1) is 11.3 Å². The summed E-state index contributed by atoms with van der Waals surface area (Å²) in [5.74, 6) is 1.80. The van der Waals surface area contributed by atoms with Gasteiger partial charge in [0, 0.05) is 22.2 Å². The Morgan fingerprint density at radius 3 is 2.64 bits per heavy atom. The van der Waals surface area contributed by atoms with Crippen LogP contribution in [0.15, 0.2) is 36.0 Å². The molecule has 0 atom stereocenters. The molecule has 1 aromatic carbocycles. The monoisotopic (exact) mass is 414 g/mol. The van der Waals surface area contributed by atoms with Crippen LogP contribution in [0, 0.1) is 0 Å². The summed E-state index contributed by atoms with van der Waals surface area (Å²) in [6.45, 7) is 3.22. The third kappa shape index (κ3) is 3.83. The second-order valence-electron chi connectivity index (χ2n) is 7.32. The highest BCUT2D eigenvalue weighted by Gasteiger charge is 2.33. The van der Waals surface area contributed by atoms with Crippen LogP contribution in [-0.2, 0) is 0 Å². The van der Waals surface area contributed by atoms with Crippen LogP contribution in [0.3, 0.4) is 0 Å². The molecule has 3 aromatic rings. The summed E-state index contributed by atoms with van der Waals surface area (Å²) in [6.07, 6.45) is 6.29. The predicted molar refractivity (Wildman–Crippen MR) is 121 cm³/mol. The number of hydrogen-bond acceptors (Lipinski definition) is 7. The van der Waals surface area contributed by atoms with Crippen molar-refractivity contribution in [2.45, 2.75) is 17.6 Å². The number of benzene rings is 1. The molecule has 148 valence electrons. The van der Waals surface area contributed by atoms with Gasteiger partial charge in [-0.25, -0.2) is 9.97 Å². The molecule has 0 saturated carbocycles. The number of methoxy groups -OCH3 is 1. The summed E-state index contributed by atoms with van der Waals surface area (Å²) in [5, 5.41) is 6.96. The average molecular weight is 415 g/mol. The number of piperidine rings is 1. The molecule has 0 radical (unpaired) electrons. The molecule has 28 heavy (non-hydrogen) atoms. The number of likely N-dealkylation sites (tertiary alicyclic amines) is 1. The molecule has 1 fully saturated rings. The fourth-order valence-electron chi connectivity index (χ4n) is 3.72. The average Bonchev–Trinajstić information content (AvgIpc) is 3.18. The van der Waals surface area contributed by atoms with Gasteiger partial charge in [0.2, 0.25) is 0 Å². The van der Waals surface area contributed by atoms with E-state index in [0.717, 1.165) is 47.0 Å². The SMILES string of the molecule is COc1ccc(-c2csc3ncnc(NCC4(SC)CCN(C)CC4)c23)cc1. The third-order valence-corrected chi connectivity index (χ3v) is 7.99. The van der Waals surface area contributed by atoms with E-state index in [2.05, 4.69) is 51.0 Å². The summed E-state index contributed by atoms with van der Waals surface area (Å²) in [7, 11) is 3.90. The van der Waals surface area contributed by atoms with Gasteiger partial charge >= 0.3 is 0 Å². The zero-order valence-corrected chi connectivity index (χ0v) is 18.2. The zero-order chi connectivity index (χ0) is 19.6. The molecule has 0 amide bonds. The Morgan fingerprint density at radius 1 is 1.21 bits per heavy atom. The number of thiophene rings is 1. The maximum absolute atomic E-state index is 5.29. The highest BCUT2D eigenvalue weighted by molar-refractivity contribution is 8.00. The lowest BCUT2D eigenvalue weighted by Crippen LogP contribution is -2.44. The minimum Gasteiger partial charge on any atom is -0.497 e. The van der Waals surface area contributed by atoms with Crippen LogP contribution >= 0.6 is 23.1 Å². The van der Waals surface area contributed by atoms with Gasteiger partial charge in [-0.2, -0.15) is 11.8 Å². The molecule has 1 aliphatic heterocycles. The van der Waals surface area contributed by atoms with Gasteiger partial charge in [-0.1, -0.05) is 12.1 Å². The van der Waals surface area contributed by atoms with Crippen molar-refractivity contribution in [2.24, 2.45) is 0 Å². The van der Waals surface area contributed by atoms with Crippen molar-refractivity contribution >= 4 is 39.1 Å². The van der Waals surface area contributed by atoms with E-state index >= 15 is 0 Å². The van der Waals surface area contributed by atoms with Gasteiger partial charge < -0.3 is 15.0 Å². The maximum Gasteiger partial charge on any atom is 0.138 e. The Bertz CT molecular complexity index is 933. The lowest BCUT2D eigenvalue weighted by Gasteiger charge is -2.39. The summed E-state index contributed by atoms with van der Waals surface area (Å²) < 4.78 is 5.56. The van der Waals surface area contributed by atoms with Crippen molar-refractivity contribution in [1.29, 1.82) is 0 Å². The molecule has 0 bridgehead atoms. The normalized spacial score (nSPS) is 17.0. The maximum atomic E-state index is 5.29.